The summed E-state index contributed by atoms with van der Waals surface area (Å²) in [6.07, 6.45) is 0. The molecule has 27 heavy (non-hydrogen) atoms. The molecule has 1 aromatic carbocycles. The van der Waals surface area contributed by atoms with Gasteiger partial charge in [-0.1, -0.05) is 25.1 Å². The second-order valence-corrected chi connectivity index (χ2v) is 7.99. The molecule has 2 aromatic heterocycles. The molecule has 0 bridgehead atoms. The molecule has 0 aliphatic carbocycles. The molecule has 0 saturated carbocycles. The fraction of sp³-hybridized carbons (Fsp3) is 0.389. The Balaban J connectivity index is 1.90. The fourth-order valence-corrected chi connectivity index (χ4v) is 4.79. The van der Waals surface area contributed by atoms with E-state index >= 15 is 0 Å². The molecule has 0 radical (unpaired) electrons. The quantitative estimate of drug-likeness (QED) is 0.617. The van der Waals surface area contributed by atoms with Gasteiger partial charge in [-0.25, -0.2) is 8.42 Å². The number of aryl methyl sites for hydroxylation is 2. The van der Waals surface area contributed by atoms with Crippen molar-refractivity contribution in [2.75, 3.05) is 6.54 Å². The lowest BCUT2D eigenvalue weighted by molar-refractivity contribution is 0.369. The van der Waals surface area contributed by atoms with E-state index in [0.29, 0.717) is 23.8 Å². The number of nitrogens with zero attached hydrogens (tertiary/aromatic N) is 5. The van der Waals surface area contributed by atoms with Gasteiger partial charge < -0.3 is 4.42 Å². The lowest BCUT2D eigenvalue weighted by Gasteiger charge is -2.19. The van der Waals surface area contributed by atoms with Crippen LogP contribution in [0.3, 0.4) is 0 Å². The Hall–Kier alpha value is -2.52. The topological polar surface area (TPSA) is 94.1 Å². The van der Waals surface area contributed by atoms with Gasteiger partial charge in [0.05, 0.1) is 17.9 Å². The molecule has 0 atom stereocenters. The lowest BCUT2D eigenvalue weighted by Crippen LogP contribution is -2.31. The van der Waals surface area contributed by atoms with Crippen LogP contribution >= 0.6 is 0 Å². The molecule has 0 saturated heterocycles. The van der Waals surface area contributed by atoms with Gasteiger partial charge in [-0.05, 0) is 32.9 Å². The van der Waals surface area contributed by atoms with Crippen molar-refractivity contribution in [1.82, 2.24) is 24.3 Å². The number of sulfonamides is 1. The fourth-order valence-electron chi connectivity index (χ4n) is 3.02. The van der Waals surface area contributed by atoms with Crippen LogP contribution in [0.2, 0.25) is 0 Å². The molecule has 0 fully saturated rings. The van der Waals surface area contributed by atoms with Gasteiger partial charge in [0, 0.05) is 18.7 Å². The van der Waals surface area contributed by atoms with Crippen LogP contribution in [0.4, 0.5) is 0 Å². The normalized spacial score (nSPS) is 12.0. The largest absolute Gasteiger partial charge is 0.419 e. The maximum absolute atomic E-state index is 13.2. The maximum atomic E-state index is 13.2. The zero-order chi connectivity index (χ0) is 19.6. The van der Waals surface area contributed by atoms with Crippen molar-refractivity contribution in [1.29, 1.82) is 0 Å². The van der Waals surface area contributed by atoms with E-state index in [1.807, 2.05) is 37.3 Å². The first kappa shape index (κ1) is 19.2. The number of rotatable bonds is 7. The Morgan fingerprint density at radius 1 is 1.11 bits per heavy atom. The summed E-state index contributed by atoms with van der Waals surface area (Å²) < 4.78 is 35.1. The summed E-state index contributed by atoms with van der Waals surface area (Å²) in [5.74, 6) is 0.614. The monoisotopic (exact) mass is 389 g/mol. The van der Waals surface area contributed by atoms with E-state index < -0.39 is 10.0 Å². The molecule has 0 amide bonds. The van der Waals surface area contributed by atoms with Crippen LogP contribution in [-0.2, 0) is 23.1 Å². The van der Waals surface area contributed by atoms with Crippen molar-refractivity contribution in [3.8, 4) is 11.5 Å². The van der Waals surface area contributed by atoms with E-state index in [2.05, 4.69) is 15.3 Å². The molecule has 0 aliphatic rings. The molecule has 9 heteroatoms. The van der Waals surface area contributed by atoms with Crippen LogP contribution in [0.1, 0.15) is 31.1 Å². The molecular formula is C18H23N5O3S. The highest BCUT2D eigenvalue weighted by molar-refractivity contribution is 7.89. The Morgan fingerprint density at radius 2 is 1.81 bits per heavy atom. The second-order valence-electron chi connectivity index (χ2n) is 6.11. The van der Waals surface area contributed by atoms with Gasteiger partial charge in [-0.2, -0.15) is 9.40 Å². The molecule has 3 rings (SSSR count). The predicted octanol–water partition coefficient (Wildman–Crippen LogP) is 2.78. The van der Waals surface area contributed by atoms with Crippen LogP contribution in [0, 0.1) is 13.8 Å². The highest BCUT2D eigenvalue weighted by atomic mass is 32.2. The van der Waals surface area contributed by atoms with E-state index in [1.54, 1.807) is 25.5 Å². The van der Waals surface area contributed by atoms with E-state index in [0.717, 1.165) is 5.56 Å². The minimum Gasteiger partial charge on any atom is -0.419 e. The zero-order valence-electron chi connectivity index (χ0n) is 15.9. The molecule has 8 nitrogen and oxygen atoms in total. The van der Waals surface area contributed by atoms with Gasteiger partial charge >= 0.3 is 0 Å². The molecule has 3 aromatic rings. The number of benzene rings is 1. The summed E-state index contributed by atoms with van der Waals surface area (Å²) in [4.78, 5) is 0.244. The third kappa shape index (κ3) is 3.65. The first-order chi connectivity index (χ1) is 12.9. The van der Waals surface area contributed by atoms with Crippen molar-refractivity contribution in [3.63, 3.8) is 0 Å². The SMILES string of the molecule is CCN(Cc1nnc(-c2ccccc2)o1)S(=O)(=O)c1c(C)nn(CC)c1C. The minimum atomic E-state index is -3.73. The van der Waals surface area contributed by atoms with Gasteiger partial charge in [0.25, 0.3) is 0 Å². The van der Waals surface area contributed by atoms with Crippen molar-refractivity contribution in [2.45, 2.75) is 45.7 Å². The van der Waals surface area contributed by atoms with Crippen LogP contribution in [-0.4, -0.2) is 39.2 Å². The minimum absolute atomic E-state index is 0.00878. The first-order valence-electron chi connectivity index (χ1n) is 8.80. The molecule has 0 spiro atoms. The van der Waals surface area contributed by atoms with E-state index in [1.165, 1.54) is 4.31 Å². The average Bonchev–Trinajstić information content (AvgIpc) is 3.24. The third-order valence-electron chi connectivity index (χ3n) is 4.36. The number of aromatic nitrogens is 4. The summed E-state index contributed by atoms with van der Waals surface area (Å²) in [6.45, 7) is 8.08. The molecular weight excluding hydrogens is 366 g/mol. The van der Waals surface area contributed by atoms with E-state index in [9.17, 15) is 8.42 Å². The molecule has 2 heterocycles. The maximum Gasteiger partial charge on any atom is 0.247 e. The highest BCUT2D eigenvalue weighted by Crippen LogP contribution is 2.25. The van der Waals surface area contributed by atoms with Crippen molar-refractivity contribution in [2.24, 2.45) is 0 Å². The third-order valence-corrected chi connectivity index (χ3v) is 6.54. The summed E-state index contributed by atoms with van der Waals surface area (Å²) in [5.41, 5.74) is 1.91. The van der Waals surface area contributed by atoms with Gasteiger partial charge in [0.15, 0.2) is 0 Å². The van der Waals surface area contributed by atoms with E-state index in [-0.39, 0.29) is 23.9 Å². The van der Waals surface area contributed by atoms with Crippen LogP contribution in [0.5, 0.6) is 0 Å². The molecule has 144 valence electrons. The summed E-state index contributed by atoms with van der Waals surface area (Å²) >= 11 is 0. The Kier molecular flexibility index (Phi) is 5.43. The summed E-state index contributed by atoms with van der Waals surface area (Å²) in [7, 11) is -3.73. The number of hydrogen-bond donors (Lipinski definition) is 0. The number of hydrogen-bond acceptors (Lipinski definition) is 6. The van der Waals surface area contributed by atoms with Gasteiger partial charge in [-0.3, -0.25) is 4.68 Å². The molecule has 0 aliphatic heterocycles. The first-order valence-corrected chi connectivity index (χ1v) is 10.2. The van der Waals surface area contributed by atoms with Crippen LogP contribution in [0.25, 0.3) is 11.5 Å². The van der Waals surface area contributed by atoms with Crippen molar-refractivity contribution < 1.29 is 12.8 Å². The van der Waals surface area contributed by atoms with Gasteiger partial charge in [0.2, 0.25) is 21.8 Å². The van der Waals surface area contributed by atoms with Crippen molar-refractivity contribution in [3.05, 3.63) is 47.6 Å². The average molecular weight is 389 g/mol. The summed E-state index contributed by atoms with van der Waals surface area (Å²) in [5, 5.41) is 12.4. The molecule has 0 unspecified atom stereocenters. The Labute approximate surface area is 158 Å². The standard InChI is InChI=1S/C18H23N5O3S/c1-5-22(27(24,25)17-13(3)21-23(6-2)14(17)4)12-16-19-20-18(26-16)15-10-8-7-9-11-15/h7-11H,5-6,12H2,1-4H3. The van der Waals surface area contributed by atoms with Crippen LogP contribution in [0.15, 0.2) is 39.6 Å². The van der Waals surface area contributed by atoms with Crippen LogP contribution < -0.4 is 0 Å². The second kappa shape index (κ2) is 7.61. The predicted molar refractivity (Wildman–Crippen MR) is 100 cm³/mol. The summed E-state index contributed by atoms with van der Waals surface area (Å²) in [6, 6.07) is 9.36. The zero-order valence-corrected chi connectivity index (χ0v) is 16.7. The van der Waals surface area contributed by atoms with Crippen molar-refractivity contribution >= 4 is 10.0 Å². The highest BCUT2D eigenvalue weighted by Gasteiger charge is 2.31. The van der Waals surface area contributed by atoms with E-state index in [4.69, 9.17) is 4.42 Å². The Bertz CT molecular complexity index is 1020. The smallest absolute Gasteiger partial charge is 0.247 e. The Morgan fingerprint density at radius 3 is 2.41 bits per heavy atom. The van der Waals surface area contributed by atoms with Gasteiger partial charge in [0.1, 0.15) is 4.90 Å². The van der Waals surface area contributed by atoms with Gasteiger partial charge in [-0.15, -0.1) is 10.2 Å². The lowest BCUT2D eigenvalue weighted by atomic mass is 10.2. The molecule has 0 N–H and O–H groups in total.